The van der Waals surface area contributed by atoms with E-state index < -0.39 is 6.67 Å². The molecule has 0 saturated heterocycles. The fourth-order valence-corrected chi connectivity index (χ4v) is 2.71. The zero-order chi connectivity index (χ0) is 11.5. The first-order valence-electron chi connectivity index (χ1n) is 4.69. The van der Waals surface area contributed by atoms with E-state index in [1.54, 1.807) is 23.9 Å². The van der Waals surface area contributed by atoms with Gasteiger partial charge in [-0.15, -0.1) is 0 Å². The average Bonchev–Trinajstić information content (AvgIpc) is 2.85. The third-order valence-electron chi connectivity index (χ3n) is 2.01. The van der Waals surface area contributed by atoms with Gasteiger partial charge >= 0.3 is 105 Å². The van der Waals surface area contributed by atoms with Crippen molar-refractivity contribution in [3.8, 4) is 5.82 Å². The fourth-order valence-electron chi connectivity index (χ4n) is 1.33. The van der Waals surface area contributed by atoms with Crippen LogP contribution in [0.2, 0.25) is 0 Å². The molecule has 0 bridgehead atoms. The molecule has 0 aliphatic heterocycles. The third-order valence-corrected chi connectivity index (χ3v) is 3.83. The van der Waals surface area contributed by atoms with E-state index in [0.717, 1.165) is 10.8 Å². The summed E-state index contributed by atoms with van der Waals surface area (Å²) in [5.74, 6) is 1.29. The van der Waals surface area contributed by atoms with Gasteiger partial charge in [0.05, 0.1) is 0 Å². The van der Waals surface area contributed by atoms with Gasteiger partial charge in [0.2, 0.25) is 0 Å². The average molecular weight is 296 g/mol. The van der Waals surface area contributed by atoms with Crippen molar-refractivity contribution in [2.45, 2.75) is 18.4 Å². The normalized spacial score (nSPS) is 10.9. The topological polar surface area (TPSA) is 43.9 Å². The van der Waals surface area contributed by atoms with Crippen LogP contribution in [0.4, 0.5) is 4.39 Å². The molecule has 16 heavy (non-hydrogen) atoms. The molecule has 0 aliphatic carbocycles. The fraction of sp³-hybridized carbons (Fsp3) is 0.333. The number of halogens is 1. The zero-order valence-electron chi connectivity index (χ0n) is 8.68. The van der Waals surface area contributed by atoms with Crippen LogP contribution >= 0.6 is 9.70 Å². The monoisotopic (exact) mass is 295 g/mol. The van der Waals surface area contributed by atoms with E-state index in [9.17, 15) is 4.39 Å². The molecule has 0 atom stereocenters. The van der Waals surface area contributed by atoms with E-state index in [1.807, 2.05) is 0 Å². The summed E-state index contributed by atoms with van der Waals surface area (Å²) in [6, 6.07) is 1.79. The Hall–Kier alpha value is -0.664. The quantitative estimate of drug-likeness (QED) is 0.808. The predicted octanol–water partition coefficient (Wildman–Crippen LogP) is 1.86. The van der Waals surface area contributed by atoms with Crippen LogP contribution in [0.15, 0.2) is 21.8 Å². The molecular weight excluding hydrogens is 287 g/mol. The van der Waals surface area contributed by atoms with Crippen molar-refractivity contribution in [2.75, 3.05) is 6.67 Å². The van der Waals surface area contributed by atoms with Crippen LogP contribution in [-0.4, -0.2) is 38.8 Å². The van der Waals surface area contributed by atoms with Gasteiger partial charge in [0.1, 0.15) is 0 Å². The molecule has 2 radical (unpaired) electrons. The van der Waals surface area contributed by atoms with Gasteiger partial charge in [-0.1, -0.05) is 0 Å². The number of hydrogen-bond donors (Lipinski definition) is 0. The van der Waals surface area contributed by atoms with Crippen LogP contribution in [0.25, 0.3) is 5.82 Å². The summed E-state index contributed by atoms with van der Waals surface area (Å²) in [6.45, 7) is 1.40. The Balaban J connectivity index is 2.34. The molecule has 2 rings (SSSR count). The summed E-state index contributed by atoms with van der Waals surface area (Å²) in [4.78, 5) is 4.25. The van der Waals surface area contributed by atoms with Gasteiger partial charge in [-0.25, -0.2) is 0 Å². The molecule has 0 N–H and O–H groups in total. The van der Waals surface area contributed by atoms with Crippen LogP contribution in [0, 0.1) is 6.92 Å². The number of oxazole rings is 1. The second kappa shape index (κ2) is 5.11. The van der Waals surface area contributed by atoms with Gasteiger partial charge in [0.25, 0.3) is 0 Å². The van der Waals surface area contributed by atoms with Crippen molar-refractivity contribution in [2.24, 2.45) is 0 Å². The van der Waals surface area contributed by atoms with Crippen LogP contribution in [0.1, 0.15) is 11.6 Å². The van der Waals surface area contributed by atoms with Crippen LogP contribution < -0.4 is 0 Å². The second-order valence-corrected chi connectivity index (χ2v) is 5.24. The summed E-state index contributed by atoms with van der Waals surface area (Å²) in [7, 11) is 1.53. The Morgan fingerprint density at radius 1 is 1.62 bits per heavy atom. The summed E-state index contributed by atoms with van der Waals surface area (Å²) in [5.41, 5.74) is 0.723. The van der Waals surface area contributed by atoms with Crippen LogP contribution in [0.5, 0.6) is 0 Å². The molecule has 0 saturated carbocycles. The molecule has 2 aromatic rings. The molecule has 0 unspecified atom stereocenters. The number of rotatable bonds is 4. The number of nitrogens with zero attached hydrogens (tertiary/aromatic N) is 3. The molecule has 82 valence electrons. The molecule has 2 aromatic heterocycles. The van der Waals surface area contributed by atoms with Gasteiger partial charge in [-0.3, -0.25) is 0 Å². The van der Waals surface area contributed by atoms with E-state index in [4.69, 9.17) is 4.42 Å². The standard InChI is InChI=1S/C9H10FN3OS.Ga/c1-6-11-8(9(15)14-6)13-5-3-7(12-13)2-4-10;/h3,5,15H,2,4H2,1H3;/q;+1/p-1. The first-order chi connectivity index (χ1) is 7.74. The number of hydrogen-bond acceptors (Lipinski definition) is 4. The first-order valence-corrected chi connectivity index (χ1v) is 8.54. The van der Waals surface area contributed by atoms with Gasteiger partial charge in [-0.2, -0.15) is 0 Å². The first kappa shape index (κ1) is 11.8. The molecule has 0 amide bonds. The molecule has 0 spiro atoms. The Kier molecular flexibility index (Phi) is 3.77. The van der Waals surface area contributed by atoms with E-state index in [-0.39, 0.29) is 0 Å². The summed E-state index contributed by atoms with van der Waals surface area (Å²) < 4.78 is 19.2. The number of aryl methyl sites for hydroxylation is 2. The van der Waals surface area contributed by atoms with Gasteiger partial charge in [0.15, 0.2) is 0 Å². The minimum atomic E-state index is -0.395. The van der Waals surface area contributed by atoms with Gasteiger partial charge in [0, 0.05) is 0 Å². The van der Waals surface area contributed by atoms with Crippen molar-refractivity contribution >= 4 is 27.1 Å². The number of aromatic nitrogens is 3. The summed E-state index contributed by atoms with van der Waals surface area (Å²) in [6.07, 6.45) is 2.11. The SMILES string of the molecule is Cc1nc(-n2ccc(CCF)n2)c([S][Ga])o1. The van der Waals surface area contributed by atoms with Crippen molar-refractivity contribution in [1.29, 1.82) is 0 Å². The Morgan fingerprint density at radius 2 is 2.44 bits per heavy atom. The molecule has 4 nitrogen and oxygen atoms in total. The maximum atomic E-state index is 12.2. The third kappa shape index (κ3) is 2.36. The predicted molar refractivity (Wildman–Crippen MR) is 59.7 cm³/mol. The maximum absolute atomic E-state index is 12.2. The van der Waals surface area contributed by atoms with Crippen molar-refractivity contribution < 1.29 is 8.81 Å². The molecule has 2 heterocycles. The van der Waals surface area contributed by atoms with Gasteiger partial charge in [-0.05, 0) is 0 Å². The summed E-state index contributed by atoms with van der Waals surface area (Å²) in [5, 5.41) is 4.98. The van der Waals surface area contributed by atoms with E-state index in [1.165, 1.54) is 27.1 Å². The molecular formula is C9H9FGaN3OS. The van der Waals surface area contributed by atoms with E-state index in [2.05, 4.69) is 10.1 Å². The Bertz CT molecular complexity index is 485. The van der Waals surface area contributed by atoms with E-state index >= 15 is 0 Å². The van der Waals surface area contributed by atoms with Crippen molar-refractivity contribution in [3.63, 3.8) is 0 Å². The van der Waals surface area contributed by atoms with Crippen molar-refractivity contribution in [3.05, 3.63) is 23.8 Å². The molecule has 0 aromatic carbocycles. The minimum absolute atomic E-state index is 0.336. The zero-order valence-corrected chi connectivity index (χ0v) is 11.9. The summed E-state index contributed by atoms with van der Waals surface area (Å²) >= 11 is 1.47. The van der Waals surface area contributed by atoms with Crippen LogP contribution in [-0.2, 0) is 6.42 Å². The Morgan fingerprint density at radius 3 is 3.12 bits per heavy atom. The molecule has 0 fully saturated rings. The Labute approximate surface area is 105 Å². The van der Waals surface area contributed by atoms with Crippen molar-refractivity contribution in [1.82, 2.24) is 14.8 Å². The molecule has 7 heteroatoms. The molecule has 0 aliphatic rings. The van der Waals surface area contributed by atoms with Gasteiger partial charge < -0.3 is 0 Å². The second-order valence-electron chi connectivity index (χ2n) is 3.15. The number of alkyl halides is 1. The van der Waals surface area contributed by atoms with E-state index in [0.29, 0.717) is 18.1 Å². The van der Waals surface area contributed by atoms with Crippen LogP contribution in [0.3, 0.4) is 0 Å².